The number of fused-ring (bicyclic) bond motifs is 1. The maximum Gasteiger partial charge on any atom is 0.335 e. The highest BCUT2D eigenvalue weighted by atomic mass is 32.1. The standard InChI is InChI=1S/C23H24N4O3S/c1-4-19(26(2)3)21(27-11-10-24-14-27)15-8-9-18-20(13-15)31-23(25-18)30-17-7-5-6-16(12-17)22(28)29/h5-14,19,21H,4H2,1-3H3,(H,28,29). The van der Waals surface area contributed by atoms with E-state index in [1.165, 1.54) is 29.0 Å². The van der Waals surface area contributed by atoms with Crippen LogP contribution in [0, 0.1) is 0 Å². The molecule has 8 heteroatoms. The van der Waals surface area contributed by atoms with E-state index < -0.39 is 5.97 Å². The molecule has 0 aliphatic heterocycles. The third-order valence-corrected chi connectivity index (χ3v) is 6.21. The van der Waals surface area contributed by atoms with Crippen molar-refractivity contribution in [2.24, 2.45) is 0 Å². The fourth-order valence-corrected chi connectivity index (χ4v) is 4.72. The van der Waals surface area contributed by atoms with Crippen LogP contribution in [0.2, 0.25) is 0 Å². The Kier molecular flexibility index (Phi) is 6.01. The monoisotopic (exact) mass is 436 g/mol. The lowest BCUT2D eigenvalue weighted by atomic mass is 9.96. The average Bonchev–Trinajstić information content (AvgIpc) is 3.40. The predicted octanol–water partition coefficient (Wildman–Crippen LogP) is 4.91. The van der Waals surface area contributed by atoms with Crippen molar-refractivity contribution in [3.05, 3.63) is 72.3 Å². The van der Waals surface area contributed by atoms with Crippen LogP contribution in [-0.2, 0) is 0 Å². The van der Waals surface area contributed by atoms with E-state index in [2.05, 4.69) is 52.6 Å². The van der Waals surface area contributed by atoms with Gasteiger partial charge in [0, 0.05) is 18.4 Å². The summed E-state index contributed by atoms with van der Waals surface area (Å²) in [5, 5.41) is 9.66. The summed E-state index contributed by atoms with van der Waals surface area (Å²) in [6.45, 7) is 2.19. The number of carboxylic acids is 1. The van der Waals surface area contributed by atoms with Crippen molar-refractivity contribution < 1.29 is 14.6 Å². The molecule has 1 N–H and O–H groups in total. The fourth-order valence-electron chi connectivity index (χ4n) is 3.84. The predicted molar refractivity (Wildman–Crippen MR) is 121 cm³/mol. The van der Waals surface area contributed by atoms with E-state index in [0.717, 1.165) is 16.6 Å². The van der Waals surface area contributed by atoms with Crippen molar-refractivity contribution in [3.8, 4) is 10.9 Å². The number of benzene rings is 2. The van der Waals surface area contributed by atoms with Gasteiger partial charge in [0.1, 0.15) is 5.75 Å². The molecular formula is C23H24N4O3S. The van der Waals surface area contributed by atoms with Gasteiger partial charge < -0.3 is 19.3 Å². The Morgan fingerprint density at radius 3 is 2.77 bits per heavy atom. The van der Waals surface area contributed by atoms with Gasteiger partial charge in [0.25, 0.3) is 5.19 Å². The summed E-state index contributed by atoms with van der Waals surface area (Å²) in [4.78, 5) is 22.3. The van der Waals surface area contributed by atoms with Crippen LogP contribution < -0.4 is 4.74 Å². The van der Waals surface area contributed by atoms with E-state index in [9.17, 15) is 9.90 Å². The Hall–Kier alpha value is -3.23. The Morgan fingerprint density at radius 2 is 2.10 bits per heavy atom. The number of carboxylic acid groups (broad SMARTS) is 1. The summed E-state index contributed by atoms with van der Waals surface area (Å²) >= 11 is 1.44. The number of hydrogen-bond acceptors (Lipinski definition) is 6. The topological polar surface area (TPSA) is 80.5 Å². The Morgan fingerprint density at radius 1 is 1.26 bits per heavy atom. The zero-order valence-corrected chi connectivity index (χ0v) is 18.4. The van der Waals surface area contributed by atoms with Gasteiger partial charge in [-0.05, 0) is 56.4 Å². The number of ether oxygens (including phenoxy) is 1. The molecule has 0 fully saturated rings. The molecule has 0 aliphatic rings. The van der Waals surface area contributed by atoms with Gasteiger partial charge in [-0.2, -0.15) is 0 Å². The third-order valence-electron chi connectivity index (χ3n) is 5.31. The first-order valence-corrected chi connectivity index (χ1v) is 10.8. The van der Waals surface area contributed by atoms with E-state index in [4.69, 9.17) is 4.74 Å². The lowest BCUT2D eigenvalue weighted by molar-refractivity contribution is 0.0696. The first-order chi connectivity index (χ1) is 15.0. The van der Waals surface area contributed by atoms with Crippen molar-refractivity contribution in [1.82, 2.24) is 19.4 Å². The normalized spacial score (nSPS) is 13.4. The molecule has 2 atom stereocenters. The van der Waals surface area contributed by atoms with Crippen molar-refractivity contribution >= 4 is 27.5 Å². The van der Waals surface area contributed by atoms with Crippen LogP contribution in [0.25, 0.3) is 10.2 Å². The molecule has 0 bridgehead atoms. The zero-order valence-electron chi connectivity index (χ0n) is 17.6. The molecule has 0 saturated heterocycles. The molecule has 31 heavy (non-hydrogen) atoms. The number of imidazole rings is 1. The van der Waals surface area contributed by atoms with E-state index >= 15 is 0 Å². The van der Waals surface area contributed by atoms with Gasteiger partial charge in [-0.1, -0.05) is 30.4 Å². The minimum atomic E-state index is -0.990. The molecular weight excluding hydrogens is 412 g/mol. The Balaban J connectivity index is 1.68. The number of aromatic carboxylic acids is 1. The molecule has 4 aromatic rings. The Labute approximate surface area is 184 Å². The molecule has 0 aliphatic carbocycles. The van der Waals surface area contributed by atoms with Crippen molar-refractivity contribution in [1.29, 1.82) is 0 Å². The second-order valence-corrected chi connectivity index (χ2v) is 8.53. The SMILES string of the molecule is CCC(C(c1ccc2nc(Oc3cccc(C(=O)O)c3)sc2c1)n1ccnc1)N(C)C. The first-order valence-electron chi connectivity index (χ1n) is 10.0. The van der Waals surface area contributed by atoms with Crippen LogP contribution in [-0.4, -0.2) is 50.6 Å². The molecule has 0 spiro atoms. The minimum Gasteiger partial charge on any atom is -0.478 e. The lowest BCUT2D eigenvalue weighted by Crippen LogP contribution is -2.36. The summed E-state index contributed by atoms with van der Waals surface area (Å²) in [5.41, 5.74) is 2.20. The van der Waals surface area contributed by atoms with Crippen LogP contribution >= 0.6 is 11.3 Å². The Bertz CT molecular complexity index is 1190. The van der Waals surface area contributed by atoms with Gasteiger partial charge >= 0.3 is 5.97 Å². The second-order valence-electron chi connectivity index (χ2n) is 7.54. The van der Waals surface area contributed by atoms with Crippen LogP contribution in [0.1, 0.15) is 35.3 Å². The summed E-state index contributed by atoms with van der Waals surface area (Å²) in [6.07, 6.45) is 6.65. The molecule has 0 radical (unpaired) electrons. The lowest BCUT2D eigenvalue weighted by Gasteiger charge is -2.33. The van der Waals surface area contributed by atoms with E-state index in [1.54, 1.807) is 18.3 Å². The van der Waals surface area contributed by atoms with Gasteiger partial charge in [-0.25, -0.2) is 14.8 Å². The van der Waals surface area contributed by atoms with E-state index in [-0.39, 0.29) is 11.6 Å². The van der Waals surface area contributed by atoms with E-state index in [0.29, 0.717) is 17.0 Å². The molecule has 160 valence electrons. The van der Waals surface area contributed by atoms with Gasteiger partial charge in [0.15, 0.2) is 0 Å². The van der Waals surface area contributed by atoms with Crippen molar-refractivity contribution in [3.63, 3.8) is 0 Å². The number of carbonyl (C=O) groups is 1. The second kappa shape index (κ2) is 8.87. The average molecular weight is 437 g/mol. The summed E-state index contributed by atoms with van der Waals surface area (Å²) < 4.78 is 9.01. The molecule has 7 nitrogen and oxygen atoms in total. The smallest absolute Gasteiger partial charge is 0.335 e. The molecule has 0 amide bonds. The van der Waals surface area contributed by atoms with Gasteiger partial charge in [0.2, 0.25) is 0 Å². The van der Waals surface area contributed by atoms with Crippen LogP contribution in [0.3, 0.4) is 0 Å². The largest absolute Gasteiger partial charge is 0.478 e. The molecule has 4 rings (SSSR count). The number of rotatable bonds is 8. The highest BCUT2D eigenvalue weighted by Crippen LogP contribution is 2.35. The number of thiazole rings is 1. The van der Waals surface area contributed by atoms with E-state index in [1.807, 2.05) is 18.6 Å². The van der Waals surface area contributed by atoms with Crippen LogP contribution in [0.5, 0.6) is 10.9 Å². The zero-order chi connectivity index (χ0) is 22.0. The highest BCUT2D eigenvalue weighted by molar-refractivity contribution is 7.20. The molecule has 0 saturated carbocycles. The van der Waals surface area contributed by atoms with Crippen molar-refractivity contribution in [2.75, 3.05) is 14.1 Å². The van der Waals surface area contributed by atoms with Crippen LogP contribution in [0.15, 0.2) is 61.2 Å². The third kappa shape index (κ3) is 4.45. The van der Waals surface area contributed by atoms with Crippen LogP contribution in [0.4, 0.5) is 0 Å². The number of hydrogen-bond donors (Lipinski definition) is 1. The summed E-state index contributed by atoms with van der Waals surface area (Å²) in [6, 6.07) is 13.1. The maximum atomic E-state index is 11.2. The number of nitrogens with zero attached hydrogens (tertiary/aromatic N) is 4. The minimum absolute atomic E-state index is 0.116. The van der Waals surface area contributed by atoms with Crippen molar-refractivity contribution in [2.45, 2.75) is 25.4 Å². The molecule has 2 unspecified atom stereocenters. The first kappa shape index (κ1) is 21.0. The number of aromatic nitrogens is 3. The number of likely N-dealkylation sites (N-methyl/N-ethyl adjacent to an activating group) is 1. The summed E-state index contributed by atoms with van der Waals surface area (Å²) in [7, 11) is 4.20. The van der Waals surface area contributed by atoms with Gasteiger partial charge in [-0.15, -0.1) is 0 Å². The maximum absolute atomic E-state index is 11.2. The van der Waals surface area contributed by atoms with Gasteiger partial charge in [-0.3, -0.25) is 0 Å². The fraction of sp³-hybridized carbons (Fsp3) is 0.261. The summed E-state index contributed by atoms with van der Waals surface area (Å²) in [5.74, 6) is -0.537. The van der Waals surface area contributed by atoms with Gasteiger partial charge in [0.05, 0.1) is 28.1 Å². The molecule has 2 aromatic carbocycles. The quantitative estimate of drug-likeness (QED) is 0.423. The highest BCUT2D eigenvalue weighted by Gasteiger charge is 2.25. The molecule has 2 heterocycles. The molecule has 2 aromatic heterocycles.